The van der Waals surface area contributed by atoms with Crippen LogP contribution in [0.25, 0.3) is 0 Å². The maximum atomic E-state index is 14.5. The number of hydrogen-bond acceptors (Lipinski definition) is 5. The summed E-state index contributed by atoms with van der Waals surface area (Å²) in [4.78, 5) is 44.0. The van der Waals surface area contributed by atoms with Crippen molar-refractivity contribution in [1.82, 2.24) is 10.2 Å². The van der Waals surface area contributed by atoms with E-state index in [-0.39, 0.29) is 29.6 Å². The summed E-state index contributed by atoms with van der Waals surface area (Å²) in [7, 11) is 0. The summed E-state index contributed by atoms with van der Waals surface area (Å²) in [5.41, 5.74) is 3.01. The van der Waals surface area contributed by atoms with Crippen molar-refractivity contribution in [2.24, 2.45) is 11.8 Å². The molecule has 7 nitrogen and oxygen atoms in total. The molecule has 0 aliphatic carbocycles. The molecule has 1 spiro atoms. The Labute approximate surface area is 248 Å². The minimum absolute atomic E-state index is 0.0662. The molecule has 3 heterocycles. The zero-order chi connectivity index (χ0) is 28.7. The molecule has 2 bridgehead atoms. The molecule has 6 rings (SSSR count). The Bertz CT molecular complexity index is 1450. The average molecular weight is 590 g/mol. The van der Waals surface area contributed by atoms with Crippen molar-refractivity contribution < 1.29 is 19.5 Å². The molecule has 2 unspecified atom stereocenters. The lowest BCUT2D eigenvalue weighted by Crippen LogP contribution is -2.52. The number of aryl methyl sites for hydroxylation is 1. The molecule has 3 saturated heterocycles. The van der Waals surface area contributed by atoms with Crippen LogP contribution >= 0.6 is 23.4 Å². The number of rotatable bonds is 8. The van der Waals surface area contributed by atoms with Crippen molar-refractivity contribution in [2.75, 3.05) is 11.9 Å². The topological polar surface area (TPSA) is 98.7 Å². The third kappa shape index (κ3) is 4.72. The second kappa shape index (κ2) is 11.2. The van der Waals surface area contributed by atoms with E-state index in [4.69, 9.17) is 11.6 Å². The van der Waals surface area contributed by atoms with E-state index in [1.54, 1.807) is 22.7 Å². The molecular formula is C32H32ClN3O4S. The molecule has 3 aliphatic rings. The first-order chi connectivity index (χ1) is 19.9. The Balaban J connectivity index is 1.38. The van der Waals surface area contributed by atoms with Gasteiger partial charge in [-0.3, -0.25) is 14.4 Å². The monoisotopic (exact) mass is 589 g/mol. The normalized spacial score (nSPS) is 27.0. The van der Waals surface area contributed by atoms with Crippen molar-refractivity contribution in [2.45, 2.75) is 48.4 Å². The number of nitrogens with one attached hydrogen (secondary N) is 2. The summed E-state index contributed by atoms with van der Waals surface area (Å²) < 4.78 is -0.794. The van der Waals surface area contributed by atoms with E-state index in [1.807, 2.05) is 79.7 Å². The Morgan fingerprint density at radius 1 is 1.05 bits per heavy atom. The Hall–Kier alpha value is -3.33. The standard InChI is InChI=1S/C32H32ClN3O4S/c1-19-9-8-14-22(33)27(19)35-30(39)28-32-16-15-24(41-32)25(29(38)34-17-20-10-4-2-5-11-20)26(32)31(40)36(28)23(18-37)21-12-6-3-7-13-21/h2-14,23-26,28,37H,15-18H2,1H3,(H,34,38)(H,35,39)/t23-,24+,25-,26+,28?,32?/m1/s1. The van der Waals surface area contributed by atoms with E-state index in [0.29, 0.717) is 23.7 Å². The number of hydrogen-bond donors (Lipinski definition) is 3. The van der Waals surface area contributed by atoms with Crippen LogP contribution in [0.4, 0.5) is 5.69 Å². The maximum Gasteiger partial charge on any atom is 0.248 e. The van der Waals surface area contributed by atoms with E-state index in [1.165, 1.54) is 0 Å². The lowest BCUT2D eigenvalue weighted by atomic mass is 9.70. The minimum Gasteiger partial charge on any atom is -0.394 e. The highest BCUT2D eigenvalue weighted by atomic mass is 35.5. The number of anilines is 1. The quantitative estimate of drug-likeness (QED) is 0.353. The van der Waals surface area contributed by atoms with Gasteiger partial charge in [-0.25, -0.2) is 0 Å². The summed E-state index contributed by atoms with van der Waals surface area (Å²) in [5.74, 6) is -2.04. The third-order valence-electron chi connectivity index (χ3n) is 8.76. The first-order valence-electron chi connectivity index (χ1n) is 13.9. The molecule has 3 aromatic rings. The smallest absolute Gasteiger partial charge is 0.248 e. The zero-order valence-electron chi connectivity index (χ0n) is 22.6. The lowest BCUT2D eigenvalue weighted by molar-refractivity contribution is -0.142. The maximum absolute atomic E-state index is 14.5. The van der Waals surface area contributed by atoms with Crippen molar-refractivity contribution in [1.29, 1.82) is 0 Å². The van der Waals surface area contributed by atoms with Gasteiger partial charge >= 0.3 is 0 Å². The minimum atomic E-state index is -0.894. The molecule has 3 amide bonds. The Morgan fingerprint density at radius 2 is 1.76 bits per heavy atom. The molecule has 3 fully saturated rings. The number of halogens is 1. The molecule has 0 saturated carbocycles. The van der Waals surface area contributed by atoms with Crippen molar-refractivity contribution in [3.63, 3.8) is 0 Å². The number of carbonyl (C=O) groups excluding carboxylic acids is 3. The van der Waals surface area contributed by atoms with Gasteiger partial charge in [-0.05, 0) is 42.5 Å². The molecule has 0 radical (unpaired) electrons. The zero-order valence-corrected chi connectivity index (χ0v) is 24.2. The van der Waals surface area contributed by atoms with E-state index in [0.717, 1.165) is 23.1 Å². The fourth-order valence-corrected chi connectivity index (χ4v) is 9.42. The van der Waals surface area contributed by atoms with Gasteiger partial charge in [0, 0.05) is 11.8 Å². The van der Waals surface area contributed by atoms with Gasteiger partial charge in [0.1, 0.15) is 6.04 Å². The first-order valence-corrected chi connectivity index (χ1v) is 15.1. The first kappa shape index (κ1) is 27.8. The van der Waals surface area contributed by atoms with Gasteiger partial charge in [0.25, 0.3) is 0 Å². The van der Waals surface area contributed by atoms with Gasteiger partial charge in [0.2, 0.25) is 17.7 Å². The number of benzene rings is 3. The fourth-order valence-electron chi connectivity index (χ4n) is 6.94. The van der Waals surface area contributed by atoms with Crippen molar-refractivity contribution in [3.8, 4) is 0 Å². The number of nitrogens with zero attached hydrogens (tertiary/aromatic N) is 1. The van der Waals surface area contributed by atoms with Gasteiger partial charge in [0.05, 0.1) is 39.9 Å². The number of aliphatic hydroxyl groups is 1. The molecular weight excluding hydrogens is 558 g/mol. The number of likely N-dealkylation sites (tertiary alicyclic amines) is 1. The average Bonchev–Trinajstić information content (AvgIpc) is 3.63. The number of carbonyl (C=O) groups is 3. The van der Waals surface area contributed by atoms with Crippen LogP contribution in [0.3, 0.4) is 0 Å². The van der Waals surface area contributed by atoms with Crippen LogP contribution in [-0.4, -0.2) is 50.4 Å². The third-order valence-corrected chi connectivity index (χ3v) is 11.0. The summed E-state index contributed by atoms with van der Waals surface area (Å²) in [5, 5.41) is 17.0. The van der Waals surface area contributed by atoms with Crippen LogP contribution in [0.2, 0.25) is 5.02 Å². The SMILES string of the molecule is Cc1cccc(Cl)c1NC(=O)C1N([C@H](CO)c2ccccc2)C(=O)[C@@H]2[C@H](C(=O)NCc3ccccc3)[C@@H]3CCC12S3. The van der Waals surface area contributed by atoms with Crippen LogP contribution in [0.5, 0.6) is 0 Å². The molecule has 212 valence electrons. The van der Waals surface area contributed by atoms with E-state index < -0.39 is 28.7 Å². The highest BCUT2D eigenvalue weighted by Crippen LogP contribution is 2.67. The van der Waals surface area contributed by atoms with Crippen LogP contribution in [0.15, 0.2) is 78.9 Å². The van der Waals surface area contributed by atoms with E-state index in [2.05, 4.69) is 10.6 Å². The predicted molar refractivity (Wildman–Crippen MR) is 160 cm³/mol. The Kier molecular flexibility index (Phi) is 7.57. The van der Waals surface area contributed by atoms with Crippen LogP contribution in [0.1, 0.15) is 35.6 Å². The second-order valence-electron chi connectivity index (χ2n) is 11.0. The van der Waals surface area contributed by atoms with Crippen LogP contribution in [0, 0.1) is 18.8 Å². The molecule has 6 atom stereocenters. The largest absolute Gasteiger partial charge is 0.394 e. The second-order valence-corrected chi connectivity index (χ2v) is 13.0. The fraction of sp³-hybridized carbons (Fsp3) is 0.344. The number of para-hydroxylation sites is 1. The molecule has 3 N–H and O–H groups in total. The summed E-state index contributed by atoms with van der Waals surface area (Å²) in [6, 6.07) is 22.7. The number of thioether (sulfide) groups is 1. The predicted octanol–water partition coefficient (Wildman–Crippen LogP) is 4.73. The van der Waals surface area contributed by atoms with Crippen LogP contribution in [-0.2, 0) is 20.9 Å². The molecule has 3 aliphatic heterocycles. The van der Waals surface area contributed by atoms with Crippen molar-refractivity contribution >= 4 is 46.8 Å². The summed E-state index contributed by atoms with van der Waals surface area (Å²) >= 11 is 8.07. The molecule has 9 heteroatoms. The number of amides is 3. The molecule has 3 aromatic carbocycles. The molecule has 41 heavy (non-hydrogen) atoms. The molecule has 0 aromatic heterocycles. The van der Waals surface area contributed by atoms with Gasteiger partial charge in [0.15, 0.2) is 0 Å². The lowest BCUT2D eigenvalue weighted by Gasteiger charge is -2.37. The highest BCUT2D eigenvalue weighted by molar-refractivity contribution is 8.02. The summed E-state index contributed by atoms with van der Waals surface area (Å²) in [6.45, 7) is 1.88. The van der Waals surface area contributed by atoms with E-state index >= 15 is 0 Å². The number of aliphatic hydroxyl groups excluding tert-OH is 1. The van der Waals surface area contributed by atoms with Gasteiger partial charge < -0.3 is 20.6 Å². The van der Waals surface area contributed by atoms with Gasteiger partial charge in [-0.2, -0.15) is 0 Å². The van der Waals surface area contributed by atoms with Crippen LogP contribution < -0.4 is 10.6 Å². The summed E-state index contributed by atoms with van der Waals surface area (Å²) in [6.07, 6.45) is 1.36. The number of fused-ring (bicyclic) bond motifs is 1. The highest BCUT2D eigenvalue weighted by Gasteiger charge is 2.74. The van der Waals surface area contributed by atoms with E-state index in [9.17, 15) is 19.5 Å². The Morgan fingerprint density at radius 3 is 2.44 bits per heavy atom. The van der Waals surface area contributed by atoms with Gasteiger partial charge in [-0.1, -0.05) is 84.4 Å². The van der Waals surface area contributed by atoms with Gasteiger partial charge in [-0.15, -0.1) is 11.8 Å². The van der Waals surface area contributed by atoms with Crippen molar-refractivity contribution in [3.05, 3.63) is 101 Å².